The van der Waals surface area contributed by atoms with Crippen LogP contribution in [0.25, 0.3) is 0 Å². The van der Waals surface area contributed by atoms with Crippen LogP contribution in [-0.4, -0.2) is 54.5 Å². The van der Waals surface area contributed by atoms with E-state index in [1.807, 2.05) is 6.07 Å². The van der Waals surface area contributed by atoms with Crippen molar-refractivity contribution in [1.29, 1.82) is 10.5 Å². The lowest BCUT2D eigenvalue weighted by molar-refractivity contribution is 0.0621. The van der Waals surface area contributed by atoms with Gasteiger partial charge in [0.15, 0.2) is 0 Å². The first kappa shape index (κ1) is 17.8. The van der Waals surface area contributed by atoms with Crippen LogP contribution in [0.15, 0.2) is 18.2 Å². The molecule has 7 nitrogen and oxygen atoms in total. The Morgan fingerprint density at radius 3 is 2.58 bits per heavy atom. The Bertz CT molecular complexity index is 672. The predicted molar refractivity (Wildman–Crippen MR) is 84.8 cm³/mol. The molecule has 0 aromatic heterocycles. The fraction of sp³-hybridized carbons (Fsp3) is 0.438. The van der Waals surface area contributed by atoms with Gasteiger partial charge in [0.1, 0.15) is 5.82 Å². The van der Waals surface area contributed by atoms with E-state index in [1.54, 1.807) is 4.90 Å². The van der Waals surface area contributed by atoms with Crippen LogP contribution in [-0.2, 0) is 0 Å². The number of hydrogen-bond donors (Lipinski definition) is 2. The van der Waals surface area contributed by atoms with Crippen molar-refractivity contribution in [1.82, 2.24) is 15.2 Å². The van der Waals surface area contributed by atoms with Gasteiger partial charge in [-0.1, -0.05) is 0 Å². The molecule has 1 aromatic carbocycles. The summed E-state index contributed by atoms with van der Waals surface area (Å²) in [4.78, 5) is 16.1. The monoisotopic (exact) mass is 330 g/mol. The Kier molecular flexibility index (Phi) is 6.21. The van der Waals surface area contributed by atoms with E-state index in [4.69, 9.17) is 16.4 Å². The molecule has 1 amide bonds. The van der Waals surface area contributed by atoms with Crippen LogP contribution < -0.4 is 11.3 Å². The number of piperazine rings is 1. The number of hydrazine groups is 1. The van der Waals surface area contributed by atoms with E-state index >= 15 is 0 Å². The number of benzene rings is 1. The van der Waals surface area contributed by atoms with Crippen molar-refractivity contribution >= 4 is 5.91 Å². The molecule has 0 saturated carbocycles. The average molecular weight is 330 g/mol. The summed E-state index contributed by atoms with van der Waals surface area (Å²) in [5, 5.41) is 17.5. The van der Waals surface area contributed by atoms with Gasteiger partial charge in [-0.2, -0.15) is 10.5 Å². The van der Waals surface area contributed by atoms with Gasteiger partial charge in [-0.05, 0) is 18.2 Å². The highest BCUT2D eigenvalue weighted by Gasteiger charge is 2.25. The summed E-state index contributed by atoms with van der Waals surface area (Å²) >= 11 is 0. The molecule has 8 heteroatoms. The molecular formula is C16H19FN6O. The Labute approximate surface area is 140 Å². The number of hydrogen-bond acceptors (Lipinski definition) is 6. The van der Waals surface area contributed by atoms with E-state index in [9.17, 15) is 9.18 Å². The predicted octanol–water partition coefficient (Wildman–Crippen LogP) is 0.201. The maximum atomic E-state index is 14.0. The molecule has 1 aliphatic rings. The third-order valence-electron chi connectivity index (χ3n) is 4.04. The molecule has 0 aliphatic carbocycles. The molecule has 126 valence electrons. The fourth-order valence-electron chi connectivity index (χ4n) is 2.66. The second-order valence-electron chi connectivity index (χ2n) is 5.63. The number of nitrogens with one attached hydrogen (secondary N) is 1. The van der Waals surface area contributed by atoms with E-state index in [1.165, 1.54) is 12.1 Å². The van der Waals surface area contributed by atoms with Crippen molar-refractivity contribution in [2.75, 3.05) is 32.7 Å². The molecule has 1 aliphatic heterocycles. The molecule has 1 heterocycles. The van der Waals surface area contributed by atoms with Crippen molar-refractivity contribution in [2.45, 2.75) is 12.5 Å². The third-order valence-corrected chi connectivity index (χ3v) is 4.04. The molecule has 1 aromatic rings. The summed E-state index contributed by atoms with van der Waals surface area (Å²) in [5.74, 6) is 4.36. The molecule has 1 saturated heterocycles. The first-order chi connectivity index (χ1) is 11.6. The van der Waals surface area contributed by atoms with Crippen LogP contribution in [0.3, 0.4) is 0 Å². The summed E-state index contributed by atoms with van der Waals surface area (Å²) in [7, 11) is 0. The number of carbonyl (C=O) groups is 1. The van der Waals surface area contributed by atoms with Crippen LogP contribution in [0.1, 0.15) is 22.3 Å². The van der Waals surface area contributed by atoms with E-state index in [0.717, 1.165) is 6.07 Å². The number of halogens is 1. The zero-order valence-corrected chi connectivity index (χ0v) is 13.2. The highest BCUT2D eigenvalue weighted by atomic mass is 19.1. The minimum absolute atomic E-state index is 0.0200. The molecule has 2 rings (SSSR count). The minimum atomic E-state index is -0.678. The summed E-state index contributed by atoms with van der Waals surface area (Å²) in [6.07, 6.45) is 0.312. The molecule has 24 heavy (non-hydrogen) atoms. The van der Waals surface area contributed by atoms with Gasteiger partial charge >= 0.3 is 0 Å². The Morgan fingerprint density at radius 2 is 2.04 bits per heavy atom. The second-order valence-corrected chi connectivity index (χ2v) is 5.63. The van der Waals surface area contributed by atoms with Gasteiger partial charge in [0.25, 0.3) is 5.91 Å². The van der Waals surface area contributed by atoms with Gasteiger partial charge in [-0.3, -0.25) is 21.0 Å². The number of nitrogens with two attached hydrogens (primary N) is 1. The first-order valence-corrected chi connectivity index (χ1v) is 7.63. The Morgan fingerprint density at radius 1 is 1.33 bits per heavy atom. The first-order valence-electron chi connectivity index (χ1n) is 7.63. The molecule has 3 N–H and O–H groups in total. The molecule has 0 spiro atoms. The van der Waals surface area contributed by atoms with Gasteiger partial charge < -0.3 is 4.90 Å². The normalized spacial score (nSPS) is 16.2. The number of rotatable bonds is 5. The second kappa shape index (κ2) is 8.37. The summed E-state index contributed by atoms with van der Waals surface area (Å²) < 4.78 is 14.0. The van der Waals surface area contributed by atoms with Crippen LogP contribution >= 0.6 is 0 Å². The van der Waals surface area contributed by atoms with E-state index in [2.05, 4.69) is 16.4 Å². The standard InChI is InChI=1S/C16H19FN6O/c17-15-9-12(10-19)1-2-14(15)16(24)23-7-5-22(6-8-23)11-13(21-20)3-4-18/h1-2,9,13,21H,3,5-8,11,20H2. The topological polar surface area (TPSA) is 109 Å². The molecule has 0 radical (unpaired) electrons. The summed E-state index contributed by atoms with van der Waals surface area (Å²) in [6, 6.07) is 7.66. The SMILES string of the molecule is N#CCC(CN1CCN(C(=O)c2ccc(C#N)cc2F)CC1)NN. The van der Waals surface area contributed by atoms with E-state index < -0.39 is 5.82 Å². The van der Waals surface area contributed by atoms with Crippen LogP contribution in [0.2, 0.25) is 0 Å². The van der Waals surface area contributed by atoms with Crippen molar-refractivity contribution in [3.8, 4) is 12.1 Å². The lowest BCUT2D eigenvalue weighted by Gasteiger charge is -2.36. The number of nitriles is 2. The lowest BCUT2D eigenvalue weighted by atomic mass is 10.1. The zero-order valence-electron chi connectivity index (χ0n) is 13.2. The van der Waals surface area contributed by atoms with Crippen molar-refractivity contribution in [3.63, 3.8) is 0 Å². The molecule has 1 atom stereocenters. The van der Waals surface area contributed by atoms with Crippen LogP contribution in [0.5, 0.6) is 0 Å². The maximum absolute atomic E-state index is 14.0. The smallest absolute Gasteiger partial charge is 0.256 e. The van der Waals surface area contributed by atoms with Gasteiger partial charge in [0.05, 0.1) is 29.7 Å². The van der Waals surface area contributed by atoms with Gasteiger partial charge in [-0.25, -0.2) is 4.39 Å². The summed E-state index contributed by atoms with van der Waals surface area (Å²) in [5.41, 5.74) is 2.77. The lowest BCUT2D eigenvalue weighted by Crippen LogP contribution is -2.53. The van der Waals surface area contributed by atoms with Crippen molar-refractivity contribution in [3.05, 3.63) is 35.1 Å². The number of amides is 1. The minimum Gasteiger partial charge on any atom is -0.336 e. The molecule has 0 bridgehead atoms. The average Bonchev–Trinajstić information content (AvgIpc) is 2.61. The Balaban J connectivity index is 1.93. The van der Waals surface area contributed by atoms with Gasteiger partial charge in [0.2, 0.25) is 0 Å². The highest BCUT2D eigenvalue weighted by molar-refractivity contribution is 5.94. The zero-order chi connectivity index (χ0) is 17.5. The van der Waals surface area contributed by atoms with Crippen LogP contribution in [0, 0.1) is 28.5 Å². The number of carbonyl (C=O) groups excluding carboxylic acids is 1. The van der Waals surface area contributed by atoms with Crippen molar-refractivity contribution < 1.29 is 9.18 Å². The number of nitrogens with zero attached hydrogens (tertiary/aromatic N) is 4. The maximum Gasteiger partial charge on any atom is 0.256 e. The third kappa shape index (κ3) is 4.27. The molecular weight excluding hydrogens is 311 g/mol. The fourth-order valence-corrected chi connectivity index (χ4v) is 2.66. The van der Waals surface area contributed by atoms with Gasteiger partial charge in [-0.15, -0.1) is 0 Å². The largest absolute Gasteiger partial charge is 0.336 e. The quantitative estimate of drug-likeness (QED) is 0.590. The van der Waals surface area contributed by atoms with Crippen LogP contribution in [0.4, 0.5) is 4.39 Å². The highest BCUT2D eigenvalue weighted by Crippen LogP contribution is 2.14. The Hall–Kier alpha value is -2.52. The van der Waals surface area contributed by atoms with E-state index in [-0.39, 0.29) is 23.1 Å². The summed E-state index contributed by atoms with van der Waals surface area (Å²) in [6.45, 7) is 2.84. The van der Waals surface area contributed by atoms with E-state index in [0.29, 0.717) is 39.1 Å². The van der Waals surface area contributed by atoms with Gasteiger partial charge in [0, 0.05) is 38.8 Å². The van der Waals surface area contributed by atoms with Crippen molar-refractivity contribution in [2.24, 2.45) is 5.84 Å². The molecule has 1 fully saturated rings. The molecule has 1 unspecified atom stereocenters.